The van der Waals surface area contributed by atoms with Gasteiger partial charge in [0.1, 0.15) is 5.82 Å². The molecule has 0 amide bonds. The minimum absolute atomic E-state index is 0.190. The van der Waals surface area contributed by atoms with Crippen molar-refractivity contribution in [1.82, 2.24) is 20.4 Å². The van der Waals surface area contributed by atoms with Crippen LogP contribution < -0.4 is 10.6 Å². The van der Waals surface area contributed by atoms with Crippen LogP contribution >= 0.6 is 0 Å². The van der Waals surface area contributed by atoms with E-state index in [1.54, 1.807) is 20.2 Å². The molecule has 27 heavy (non-hydrogen) atoms. The number of methoxy groups -OCH3 is 1. The number of hydrogen-bond donors (Lipinski definition) is 2. The van der Waals surface area contributed by atoms with Crippen molar-refractivity contribution in [2.75, 3.05) is 14.2 Å². The first-order valence-electron chi connectivity index (χ1n) is 9.08. The van der Waals surface area contributed by atoms with Crippen LogP contribution in [0.4, 0.5) is 4.39 Å². The summed E-state index contributed by atoms with van der Waals surface area (Å²) in [5.41, 5.74) is 5.02. The van der Waals surface area contributed by atoms with Gasteiger partial charge >= 0.3 is 0 Å². The molecular weight excluding hydrogens is 345 g/mol. The summed E-state index contributed by atoms with van der Waals surface area (Å²) in [6.45, 7) is 7.05. The van der Waals surface area contributed by atoms with Crippen molar-refractivity contribution < 1.29 is 9.13 Å². The van der Waals surface area contributed by atoms with Crippen LogP contribution in [-0.4, -0.2) is 35.9 Å². The van der Waals surface area contributed by atoms with Crippen LogP contribution in [0.25, 0.3) is 0 Å². The van der Waals surface area contributed by atoms with E-state index in [1.807, 2.05) is 24.7 Å². The van der Waals surface area contributed by atoms with Crippen molar-refractivity contribution in [2.45, 2.75) is 46.4 Å². The Hall–Kier alpha value is -2.41. The lowest BCUT2D eigenvalue weighted by atomic mass is 10.1. The molecule has 0 bridgehead atoms. The number of benzene rings is 1. The molecule has 2 rings (SSSR count). The fourth-order valence-corrected chi connectivity index (χ4v) is 3.09. The van der Waals surface area contributed by atoms with E-state index in [1.165, 1.54) is 17.3 Å². The van der Waals surface area contributed by atoms with Crippen molar-refractivity contribution in [2.24, 2.45) is 12.0 Å². The number of nitrogens with one attached hydrogen (secondary N) is 2. The summed E-state index contributed by atoms with van der Waals surface area (Å²) in [5.74, 6) is 0.457. The maximum Gasteiger partial charge on any atom is 0.191 e. The summed E-state index contributed by atoms with van der Waals surface area (Å²) in [6, 6.07) is 5.24. The third-order valence-electron chi connectivity index (χ3n) is 4.65. The molecule has 7 heteroatoms. The van der Waals surface area contributed by atoms with E-state index in [-0.39, 0.29) is 18.5 Å². The number of rotatable bonds is 7. The Morgan fingerprint density at radius 3 is 2.70 bits per heavy atom. The van der Waals surface area contributed by atoms with Crippen molar-refractivity contribution in [1.29, 1.82) is 0 Å². The van der Waals surface area contributed by atoms with Crippen molar-refractivity contribution in [3.05, 3.63) is 52.1 Å². The van der Waals surface area contributed by atoms with E-state index >= 15 is 0 Å². The number of guanidine groups is 1. The standard InChI is InChI=1S/C20H30FN5O/c1-13(9-18-14(2)25-26(5)15(18)3)24-20(22-4)23-11-16-7-8-19(21)17(10-16)12-27-6/h7-8,10,13H,9,11-12H2,1-6H3,(H2,22,23,24). The van der Waals surface area contributed by atoms with Crippen molar-refractivity contribution in [3.63, 3.8) is 0 Å². The number of aromatic nitrogens is 2. The SMILES string of the molecule is CN=C(NCc1ccc(F)c(COC)c1)NC(C)Cc1c(C)nn(C)c1C. The fourth-order valence-electron chi connectivity index (χ4n) is 3.09. The van der Waals surface area contributed by atoms with E-state index < -0.39 is 0 Å². The smallest absolute Gasteiger partial charge is 0.191 e. The normalized spacial score (nSPS) is 12.9. The van der Waals surface area contributed by atoms with Gasteiger partial charge in [-0.3, -0.25) is 9.67 Å². The van der Waals surface area contributed by atoms with Gasteiger partial charge in [-0.1, -0.05) is 6.07 Å². The summed E-state index contributed by atoms with van der Waals surface area (Å²) < 4.78 is 20.7. The molecule has 0 spiro atoms. The van der Waals surface area contributed by atoms with Gasteiger partial charge in [0.2, 0.25) is 0 Å². The molecule has 1 unspecified atom stereocenters. The van der Waals surface area contributed by atoms with Crippen LogP contribution in [0.3, 0.4) is 0 Å². The zero-order valence-electron chi connectivity index (χ0n) is 17.1. The monoisotopic (exact) mass is 375 g/mol. The van der Waals surface area contributed by atoms with Gasteiger partial charge < -0.3 is 15.4 Å². The molecule has 1 aromatic heterocycles. The van der Waals surface area contributed by atoms with E-state index in [4.69, 9.17) is 4.74 Å². The van der Waals surface area contributed by atoms with Gasteiger partial charge in [0.25, 0.3) is 0 Å². The molecule has 1 heterocycles. The zero-order chi connectivity index (χ0) is 20.0. The Kier molecular flexibility index (Phi) is 7.36. The highest BCUT2D eigenvalue weighted by molar-refractivity contribution is 5.79. The molecule has 148 valence electrons. The summed E-state index contributed by atoms with van der Waals surface area (Å²) >= 11 is 0. The molecule has 2 aromatic rings. The Balaban J connectivity index is 1.94. The third-order valence-corrected chi connectivity index (χ3v) is 4.65. The van der Waals surface area contributed by atoms with Gasteiger partial charge in [0.05, 0.1) is 12.3 Å². The lowest BCUT2D eigenvalue weighted by Gasteiger charge is -2.18. The fraction of sp³-hybridized carbons (Fsp3) is 0.500. The summed E-state index contributed by atoms with van der Waals surface area (Å²) in [7, 11) is 5.26. The lowest BCUT2D eigenvalue weighted by Crippen LogP contribution is -2.42. The van der Waals surface area contributed by atoms with E-state index in [2.05, 4.69) is 34.6 Å². The Labute approximate surface area is 160 Å². The molecule has 0 radical (unpaired) electrons. The van der Waals surface area contributed by atoms with E-state index in [9.17, 15) is 4.39 Å². The molecule has 0 saturated heterocycles. The average Bonchev–Trinajstić information content (AvgIpc) is 2.87. The molecule has 0 aliphatic carbocycles. The van der Waals surface area contributed by atoms with Crippen LogP contribution in [0.5, 0.6) is 0 Å². The summed E-state index contributed by atoms with van der Waals surface area (Å²) in [5, 5.41) is 11.2. The molecular formula is C20H30FN5O. The number of ether oxygens (including phenoxy) is 1. The largest absolute Gasteiger partial charge is 0.380 e. The highest BCUT2D eigenvalue weighted by Crippen LogP contribution is 2.14. The molecule has 0 aliphatic rings. The van der Waals surface area contributed by atoms with Gasteiger partial charge in [-0.05, 0) is 50.5 Å². The quantitative estimate of drug-likeness (QED) is 0.577. The Bertz CT molecular complexity index is 800. The minimum atomic E-state index is -0.251. The highest BCUT2D eigenvalue weighted by Gasteiger charge is 2.14. The van der Waals surface area contributed by atoms with Gasteiger partial charge in [-0.2, -0.15) is 5.10 Å². The molecule has 2 N–H and O–H groups in total. The van der Waals surface area contributed by atoms with E-state index in [0.29, 0.717) is 18.1 Å². The van der Waals surface area contributed by atoms with Gasteiger partial charge in [0.15, 0.2) is 5.96 Å². The number of aliphatic imine (C=N–C) groups is 1. The first kappa shape index (κ1) is 20.9. The second-order valence-electron chi connectivity index (χ2n) is 6.81. The highest BCUT2D eigenvalue weighted by atomic mass is 19.1. The van der Waals surface area contributed by atoms with Gasteiger partial charge in [0, 0.05) is 45.0 Å². The topological polar surface area (TPSA) is 63.5 Å². The maximum atomic E-state index is 13.7. The minimum Gasteiger partial charge on any atom is -0.380 e. The van der Waals surface area contributed by atoms with Crippen molar-refractivity contribution >= 4 is 5.96 Å². The molecule has 0 aliphatic heterocycles. The van der Waals surface area contributed by atoms with Crippen LogP contribution in [0.15, 0.2) is 23.2 Å². The van der Waals surface area contributed by atoms with Crippen LogP contribution in [0.1, 0.15) is 35.0 Å². The van der Waals surface area contributed by atoms with Crippen LogP contribution in [0.2, 0.25) is 0 Å². The molecule has 0 fully saturated rings. The zero-order valence-corrected chi connectivity index (χ0v) is 17.1. The number of halogens is 1. The number of nitrogens with zero attached hydrogens (tertiary/aromatic N) is 3. The first-order valence-corrected chi connectivity index (χ1v) is 9.08. The lowest BCUT2D eigenvalue weighted by molar-refractivity contribution is 0.181. The van der Waals surface area contributed by atoms with Crippen LogP contribution in [0, 0.1) is 19.7 Å². The van der Waals surface area contributed by atoms with Gasteiger partial charge in [-0.15, -0.1) is 0 Å². The predicted octanol–water partition coefficient (Wildman–Crippen LogP) is 2.62. The molecule has 6 nitrogen and oxygen atoms in total. The molecule has 0 saturated carbocycles. The van der Waals surface area contributed by atoms with Crippen LogP contribution in [-0.2, 0) is 31.4 Å². The second kappa shape index (κ2) is 9.50. The summed E-state index contributed by atoms with van der Waals surface area (Å²) in [6.07, 6.45) is 0.862. The Morgan fingerprint density at radius 2 is 2.11 bits per heavy atom. The molecule has 1 aromatic carbocycles. The first-order chi connectivity index (χ1) is 12.8. The third kappa shape index (κ3) is 5.53. The van der Waals surface area contributed by atoms with Crippen molar-refractivity contribution in [3.8, 4) is 0 Å². The Morgan fingerprint density at radius 1 is 1.37 bits per heavy atom. The second-order valence-corrected chi connectivity index (χ2v) is 6.81. The number of hydrogen-bond acceptors (Lipinski definition) is 3. The maximum absolute atomic E-state index is 13.7. The van der Waals surface area contributed by atoms with Gasteiger partial charge in [-0.25, -0.2) is 4.39 Å². The summed E-state index contributed by atoms with van der Waals surface area (Å²) in [4.78, 5) is 4.29. The predicted molar refractivity (Wildman–Crippen MR) is 106 cm³/mol. The number of aryl methyl sites for hydroxylation is 2. The average molecular weight is 375 g/mol. The molecule has 1 atom stereocenters. The van der Waals surface area contributed by atoms with E-state index in [0.717, 1.165) is 17.7 Å².